The molecule has 6 nitrogen and oxygen atoms in total. The Morgan fingerprint density at radius 3 is 3.00 bits per heavy atom. The number of carbonyl (C=O) groups excluding carboxylic acids is 1. The molecule has 1 aromatic carbocycles. The van der Waals surface area contributed by atoms with Gasteiger partial charge in [-0.2, -0.15) is 0 Å². The number of aromatic nitrogens is 2. The highest BCUT2D eigenvalue weighted by atomic mass is 35.5. The van der Waals surface area contributed by atoms with Crippen molar-refractivity contribution in [2.45, 2.75) is 57.5 Å². The van der Waals surface area contributed by atoms with Gasteiger partial charge in [0.1, 0.15) is 4.83 Å². The van der Waals surface area contributed by atoms with Crippen molar-refractivity contribution in [2.24, 2.45) is 0 Å². The minimum atomic E-state index is -0.121. The zero-order valence-electron chi connectivity index (χ0n) is 18.2. The molecule has 0 aliphatic carbocycles. The number of thiophene rings is 1. The van der Waals surface area contributed by atoms with Gasteiger partial charge in [-0.3, -0.25) is 14.2 Å². The Morgan fingerprint density at radius 2 is 2.28 bits per heavy atom. The van der Waals surface area contributed by atoms with Gasteiger partial charge in [0.15, 0.2) is 5.16 Å². The van der Waals surface area contributed by atoms with Crippen molar-refractivity contribution in [3.8, 4) is 0 Å². The van der Waals surface area contributed by atoms with Crippen LogP contribution in [0.3, 0.4) is 0 Å². The Labute approximate surface area is 200 Å². The van der Waals surface area contributed by atoms with Crippen molar-refractivity contribution in [2.75, 3.05) is 12.4 Å². The quantitative estimate of drug-likeness (QED) is 0.369. The normalized spacial score (nSPS) is 16.0. The van der Waals surface area contributed by atoms with E-state index in [-0.39, 0.29) is 23.3 Å². The van der Waals surface area contributed by atoms with Crippen LogP contribution in [0.2, 0.25) is 5.02 Å². The number of nitrogens with zero attached hydrogens (tertiary/aromatic N) is 2. The monoisotopic (exact) mass is 491 g/mol. The number of amides is 1. The second-order valence-electron chi connectivity index (χ2n) is 7.81. The van der Waals surface area contributed by atoms with Gasteiger partial charge in [0.25, 0.3) is 5.56 Å². The first-order chi connectivity index (χ1) is 15.5. The fourth-order valence-electron chi connectivity index (χ4n) is 3.95. The fraction of sp³-hybridized carbons (Fsp3) is 0.435. The molecule has 0 saturated carbocycles. The highest BCUT2D eigenvalue weighted by Crippen LogP contribution is 2.30. The van der Waals surface area contributed by atoms with Crippen LogP contribution < -0.4 is 10.9 Å². The van der Waals surface area contributed by atoms with Crippen LogP contribution in [0.25, 0.3) is 10.2 Å². The number of nitrogens with one attached hydrogen (secondary N) is 1. The number of ether oxygens (including phenoxy) is 1. The van der Waals surface area contributed by atoms with Crippen LogP contribution in [-0.4, -0.2) is 33.9 Å². The SMILES string of the molecule is CCc1c(C)sc2nc(SCC(=O)NCc3cccc(Cl)c3)n(CC3CCCO3)c(=O)c12. The van der Waals surface area contributed by atoms with E-state index in [1.54, 1.807) is 22.0 Å². The summed E-state index contributed by atoms with van der Waals surface area (Å²) in [4.78, 5) is 32.6. The molecule has 9 heteroatoms. The minimum absolute atomic E-state index is 0.00719. The highest BCUT2D eigenvalue weighted by molar-refractivity contribution is 7.99. The summed E-state index contributed by atoms with van der Waals surface area (Å²) in [5, 5.41) is 4.83. The Morgan fingerprint density at radius 1 is 1.44 bits per heavy atom. The lowest BCUT2D eigenvalue weighted by Gasteiger charge is -2.16. The average Bonchev–Trinajstić information content (AvgIpc) is 3.40. The molecule has 1 aliphatic rings. The number of benzene rings is 1. The van der Waals surface area contributed by atoms with Crippen molar-refractivity contribution in [1.29, 1.82) is 0 Å². The molecule has 1 unspecified atom stereocenters. The van der Waals surface area contributed by atoms with Gasteiger partial charge >= 0.3 is 0 Å². The van der Waals surface area contributed by atoms with E-state index in [4.69, 9.17) is 21.3 Å². The largest absolute Gasteiger partial charge is 0.376 e. The Bertz CT molecular complexity index is 1190. The smallest absolute Gasteiger partial charge is 0.263 e. The maximum absolute atomic E-state index is 13.5. The third kappa shape index (κ3) is 5.20. The van der Waals surface area contributed by atoms with E-state index in [9.17, 15) is 9.59 Å². The fourth-order valence-corrected chi connectivity index (χ4v) is 6.16. The molecule has 1 saturated heterocycles. The molecule has 1 N–H and O–H groups in total. The topological polar surface area (TPSA) is 73.2 Å². The summed E-state index contributed by atoms with van der Waals surface area (Å²) in [6.45, 7) is 5.68. The van der Waals surface area contributed by atoms with E-state index in [1.165, 1.54) is 11.8 Å². The van der Waals surface area contributed by atoms with Gasteiger partial charge in [-0.1, -0.05) is 42.4 Å². The van der Waals surface area contributed by atoms with Crippen LogP contribution >= 0.6 is 34.7 Å². The van der Waals surface area contributed by atoms with Crippen LogP contribution in [0, 0.1) is 6.92 Å². The third-order valence-electron chi connectivity index (χ3n) is 5.55. The molecule has 1 fully saturated rings. The summed E-state index contributed by atoms with van der Waals surface area (Å²) in [6, 6.07) is 7.40. The van der Waals surface area contributed by atoms with Gasteiger partial charge in [-0.05, 0) is 49.4 Å². The molecule has 1 atom stereocenters. The summed E-state index contributed by atoms with van der Waals surface area (Å²) < 4.78 is 7.49. The summed E-state index contributed by atoms with van der Waals surface area (Å²) >= 11 is 8.85. The number of hydrogen-bond donors (Lipinski definition) is 1. The molecule has 0 spiro atoms. The van der Waals surface area contributed by atoms with Gasteiger partial charge in [0, 0.05) is 23.1 Å². The first kappa shape index (κ1) is 23.3. The van der Waals surface area contributed by atoms with Crippen molar-refractivity contribution in [3.05, 3.63) is 55.6 Å². The average molecular weight is 492 g/mol. The third-order valence-corrected chi connectivity index (χ3v) is 7.81. The Hall–Kier alpha value is -1.87. The first-order valence-electron chi connectivity index (χ1n) is 10.7. The molecule has 4 rings (SSSR count). The van der Waals surface area contributed by atoms with Gasteiger partial charge in [0.2, 0.25) is 5.91 Å². The number of rotatable bonds is 8. The highest BCUT2D eigenvalue weighted by Gasteiger charge is 2.23. The lowest BCUT2D eigenvalue weighted by Crippen LogP contribution is -2.30. The number of aryl methyl sites for hydroxylation is 2. The summed E-state index contributed by atoms with van der Waals surface area (Å²) in [5.74, 6) is 0.0549. The molecular formula is C23H26ClN3O3S2. The summed E-state index contributed by atoms with van der Waals surface area (Å²) in [7, 11) is 0. The molecule has 1 amide bonds. The summed E-state index contributed by atoms with van der Waals surface area (Å²) in [6.07, 6.45) is 2.73. The Kier molecular flexibility index (Phi) is 7.55. The van der Waals surface area contributed by atoms with E-state index in [1.807, 2.05) is 25.1 Å². The number of halogens is 1. The van der Waals surface area contributed by atoms with Crippen molar-refractivity contribution in [3.63, 3.8) is 0 Å². The maximum atomic E-state index is 13.5. The van der Waals surface area contributed by atoms with Crippen LogP contribution in [0.4, 0.5) is 0 Å². The standard InChI is InChI=1S/C23H26ClN3O3S2/c1-3-18-14(2)32-21-20(18)22(29)27(12-17-8-5-9-30-17)23(26-21)31-13-19(28)25-11-15-6-4-7-16(24)10-15/h4,6-7,10,17H,3,5,8-9,11-13H2,1-2H3,(H,25,28). The molecule has 32 heavy (non-hydrogen) atoms. The molecule has 3 heterocycles. The molecule has 170 valence electrons. The van der Waals surface area contributed by atoms with Gasteiger partial charge < -0.3 is 10.1 Å². The van der Waals surface area contributed by atoms with Crippen molar-refractivity contribution < 1.29 is 9.53 Å². The van der Waals surface area contributed by atoms with Gasteiger partial charge in [0.05, 0.1) is 23.8 Å². The van der Waals surface area contributed by atoms with E-state index >= 15 is 0 Å². The lowest BCUT2D eigenvalue weighted by molar-refractivity contribution is -0.118. The predicted molar refractivity (Wildman–Crippen MR) is 131 cm³/mol. The molecular weight excluding hydrogens is 466 g/mol. The van der Waals surface area contributed by atoms with Crippen LogP contribution in [0.5, 0.6) is 0 Å². The number of hydrogen-bond acceptors (Lipinski definition) is 6. The van der Waals surface area contributed by atoms with Crippen LogP contribution in [0.15, 0.2) is 34.2 Å². The second-order valence-corrected chi connectivity index (χ2v) is 10.4. The van der Waals surface area contributed by atoms with E-state index in [2.05, 4.69) is 12.2 Å². The molecule has 0 radical (unpaired) electrons. The molecule has 2 aromatic heterocycles. The Balaban J connectivity index is 1.54. The van der Waals surface area contributed by atoms with Gasteiger partial charge in [-0.15, -0.1) is 11.3 Å². The minimum Gasteiger partial charge on any atom is -0.376 e. The van der Waals surface area contributed by atoms with E-state index < -0.39 is 0 Å². The zero-order chi connectivity index (χ0) is 22.7. The second kappa shape index (κ2) is 10.4. The molecule has 3 aromatic rings. The maximum Gasteiger partial charge on any atom is 0.263 e. The lowest BCUT2D eigenvalue weighted by atomic mass is 10.1. The van der Waals surface area contributed by atoms with Crippen molar-refractivity contribution >= 4 is 50.8 Å². The predicted octanol–water partition coefficient (Wildman–Crippen LogP) is 4.57. The number of thioether (sulfide) groups is 1. The molecule has 1 aliphatic heterocycles. The number of carbonyl (C=O) groups is 1. The number of fused-ring (bicyclic) bond motifs is 1. The molecule has 0 bridgehead atoms. The van der Waals surface area contributed by atoms with Crippen LogP contribution in [0.1, 0.15) is 35.8 Å². The van der Waals surface area contributed by atoms with Crippen molar-refractivity contribution in [1.82, 2.24) is 14.9 Å². The van der Waals surface area contributed by atoms with E-state index in [0.29, 0.717) is 28.7 Å². The summed E-state index contributed by atoms with van der Waals surface area (Å²) in [5.41, 5.74) is 1.97. The van der Waals surface area contributed by atoms with Crippen LogP contribution in [-0.2, 0) is 29.0 Å². The zero-order valence-corrected chi connectivity index (χ0v) is 20.5. The van der Waals surface area contributed by atoms with E-state index in [0.717, 1.165) is 46.7 Å². The van der Waals surface area contributed by atoms with Gasteiger partial charge in [-0.25, -0.2) is 4.98 Å². The first-order valence-corrected chi connectivity index (χ1v) is 12.9.